The van der Waals surface area contributed by atoms with Crippen molar-refractivity contribution in [3.8, 4) is 11.5 Å². The van der Waals surface area contributed by atoms with Gasteiger partial charge in [0.05, 0.1) is 82.6 Å². The van der Waals surface area contributed by atoms with E-state index in [2.05, 4.69) is 15.7 Å². The number of hydrogen-bond donors (Lipinski definition) is 4. The summed E-state index contributed by atoms with van der Waals surface area (Å²) >= 11 is 0. The normalized spacial score (nSPS) is 14.7. The highest BCUT2D eigenvalue weighted by Crippen LogP contribution is 2.45. The molecule has 6 aromatic carbocycles. The Morgan fingerprint density at radius 3 is 1.65 bits per heavy atom. The predicted octanol–water partition coefficient (Wildman–Crippen LogP) is 4.49. The van der Waals surface area contributed by atoms with Gasteiger partial charge in [0, 0.05) is 52.8 Å². The molecule has 0 amide bonds. The summed E-state index contributed by atoms with van der Waals surface area (Å²) in [6, 6.07) is 35.5. The highest BCUT2D eigenvalue weighted by Gasteiger charge is 2.39. The Morgan fingerprint density at radius 2 is 1.06 bits per heavy atom. The third kappa shape index (κ3) is 9.75. The maximum atomic E-state index is 14.5. The molecule has 66 heavy (non-hydrogen) atoms. The molecule has 0 atom stereocenters. The number of ether oxygens (including phenoxy) is 8. The lowest BCUT2D eigenvalue weighted by Crippen LogP contribution is -2.48. The van der Waals surface area contributed by atoms with Crippen molar-refractivity contribution in [3.63, 3.8) is 0 Å². The van der Waals surface area contributed by atoms with Crippen LogP contribution in [0, 0.1) is 0 Å². The standard InChI is InChI=1S/C50H52B2N4O10/c1-59-21-23-61-25-27-63-29-31-65-37-15-11-35(12-16-37)51-53-41-7-3-5-33-9-19-39(47(55-51)43(33)41)45-49(57)46(50(45)58)40-20-10-34-6-4-8-42-44(34)48(40)56-52(54-42)36-13-17-38(18-14-36)66-32-30-64-28-26-62-24-22-60-2/h3-20,53-55,57H,21-32H2,1-2H3/b46-40+. The van der Waals surface area contributed by atoms with Crippen LogP contribution in [-0.2, 0) is 33.2 Å². The van der Waals surface area contributed by atoms with E-state index in [4.69, 9.17) is 42.8 Å². The van der Waals surface area contributed by atoms with Gasteiger partial charge in [-0.3, -0.25) is 4.79 Å². The number of carbonyl (C=O) groups excluding carboxylic acids is 1. The molecule has 0 radical (unpaired) electrons. The number of Topliss-reactive ketones (excluding diaryl/α,β-unsaturated/α-hetero) is 1. The van der Waals surface area contributed by atoms with Crippen molar-refractivity contribution in [2.24, 2.45) is 4.90 Å². The summed E-state index contributed by atoms with van der Waals surface area (Å²) in [7, 11) is 3.29. The molecular weight excluding hydrogens is 838 g/mol. The van der Waals surface area contributed by atoms with Crippen LogP contribution < -0.4 is 46.7 Å². The zero-order chi connectivity index (χ0) is 45.2. The van der Waals surface area contributed by atoms with Gasteiger partial charge in [-0.05, 0) is 58.1 Å². The molecule has 338 valence electrons. The molecule has 6 aromatic rings. The molecule has 0 spiro atoms. The van der Waals surface area contributed by atoms with Gasteiger partial charge in [-0.15, -0.1) is 0 Å². The lowest BCUT2D eigenvalue weighted by Gasteiger charge is -2.31. The van der Waals surface area contributed by atoms with Crippen molar-refractivity contribution in [1.82, 2.24) is 0 Å². The number of hydrogen-bond acceptors (Lipinski definition) is 14. The number of ketones is 1. The first-order chi connectivity index (χ1) is 32.5. The minimum atomic E-state index is -0.449. The van der Waals surface area contributed by atoms with Gasteiger partial charge in [0.25, 0.3) is 0 Å². The van der Waals surface area contributed by atoms with Gasteiger partial charge in [-0.1, -0.05) is 72.8 Å². The van der Waals surface area contributed by atoms with E-state index in [-0.39, 0.29) is 29.7 Å². The van der Waals surface area contributed by atoms with Crippen molar-refractivity contribution in [1.29, 1.82) is 0 Å². The second-order valence-electron chi connectivity index (χ2n) is 15.9. The molecule has 3 aliphatic rings. The van der Waals surface area contributed by atoms with Crippen molar-refractivity contribution >= 4 is 80.4 Å². The monoisotopic (exact) mass is 890 g/mol. The van der Waals surface area contributed by atoms with Crippen molar-refractivity contribution < 1.29 is 47.8 Å². The number of allylic oxidation sites excluding steroid dienone is 2. The SMILES string of the molecule is COCCOCCOCCOc1ccc(B2N=c3/c(=C4/C(=O)C(c5ccc6cccc7c6c5NB(c5ccc(OCCOCCOCCOC)cc5)N7)=C4O)ccc4cccc(c34)N2)cc1. The van der Waals surface area contributed by atoms with E-state index in [1.54, 1.807) is 14.2 Å². The Hall–Kier alpha value is -6.39. The van der Waals surface area contributed by atoms with Crippen LogP contribution in [-0.4, -0.2) is 118 Å². The van der Waals surface area contributed by atoms with Crippen LogP contribution in [0.15, 0.2) is 120 Å². The first-order valence-corrected chi connectivity index (χ1v) is 22.2. The Bertz CT molecular complexity index is 2840. The Balaban J connectivity index is 0.938. The Morgan fingerprint density at radius 1 is 0.530 bits per heavy atom. The maximum Gasteiger partial charge on any atom is 0.427 e. The van der Waals surface area contributed by atoms with Gasteiger partial charge in [-0.2, -0.15) is 0 Å². The minimum absolute atomic E-state index is 0.0588. The highest BCUT2D eigenvalue weighted by molar-refractivity contribution is 6.80. The van der Waals surface area contributed by atoms with E-state index >= 15 is 0 Å². The van der Waals surface area contributed by atoms with E-state index in [0.29, 0.717) is 101 Å². The molecule has 0 fully saturated rings. The largest absolute Gasteiger partial charge is 0.506 e. The van der Waals surface area contributed by atoms with Gasteiger partial charge < -0.3 is 63.6 Å². The third-order valence-electron chi connectivity index (χ3n) is 11.7. The van der Waals surface area contributed by atoms with Crippen LogP contribution in [0.2, 0.25) is 0 Å². The third-order valence-corrected chi connectivity index (χ3v) is 11.7. The molecule has 0 aromatic heterocycles. The Labute approximate surface area is 383 Å². The van der Waals surface area contributed by atoms with Gasteiger partial charge in [0.1, 0.15) is 30.5 Å². The smallest absolute Gasteiger partial charge is 0.427 e. The first-order valence-electron chi connectivity index (χ1n) is 22.2. The fourth-order valence-corrected chi connectivity index (χ4v) is 8.41. The number of nitrogens with one attached hydrogen (secondary N) is 3. The van der Waals surface area contributed by atoms with E-state index in [9.17, 15) is 9.90 Å². The van der Waals surface area contributed by atoms with E-state index in [0.717, 1.165) is 55.3 Å². The van der Waals surface area contributed by atoms with Crippen LogP contribution in [0.1, 0.15) is 5.56 Å². The summed E-state index contributed by atoms with van der Waals surface area (Å²) in [5.74, 6) is 1.13. The molecule has 16 heteroatoms. The van der Waals surface area contributed by atoms with E-state index in [1.165, 1.54) is 0 Å². The van der Waals surface area contributed by atoms with Gasteiger partial charge >= 0.3 is 14.0 Å². The zero-order valence-electron chi connectivity index (χ0n) is 37.1. The second-order valence-corrected chi connectivity index (χ2v) is 15.9. The number of aliphatic hydroxyl groups excluding tert-OH is 1. The lowest BCUT2D eigenvalue weighted by molar-refractivity contribution is -0.109. The molecule has 0 bridgehead atoms. The van der Waals surface area contributed by atoms with Gasteiger partial charge in [-0.25, -0.2) is 0 Å². The molecule has 14 nitrogen and oxygen atoms in total. The van der Waals surface area contributed by atoms with Crippen molar-refractivity contribution in [2.45, 2.75) is 0 Å². The molecule has 2 heterocycles. The van der Waals surface area contributed by atoms with Crippen LogP contribution in [0.25, 0.3) is 32.7 Å². The summed E-state index contributed by atoms with van der Waals surface area (Å²) < 4.78 is 43.9. The quantitative estimate of drug-likeness (QED) is 0.0528. The predicted molar refractivity (Wildman–Crippen MR) is 259 cm³/mol. The van der Waals surface area contributed by atoms with E-state index < -0.39 is 6.98 Å². The molecule has 0 saturated heterocycles. The lowest BCUT2D eigenvalue weighted by atomic mass is 9.65. The number of anilines is 3. The number of aliphatic hydroxyl groups is 1. The van der Waals surface area contributed by atoms with Crippen molar-refractivity contribution in [2.75, 3.05) is 109 Å². The molecular formula is C50H52B2N4O10. The first kappa shape index (κ1) is 44.8. The summed E-state index contributed by atoms with van der Waals surface area (Å²) in [5, 5.41) is 27.9. The summed E-state index contributed by atoms with van der Waals surface area (Å²) in [5.41, 5.74) is 5.60. The highest BCUT2D eigenvalue weighted by atomic mass is 16.6. The summed E-state index contributed by atoms with van der Waals surface area (Å²) in [6.07, 6.45) is 0. The fourth-order valence-electron chi connectivity index (χ4n) is 8.41. The number of methoxy groups -OCH3 is 2. The number of rotatable bonds is 23. The Kier molecular flexibility index (Phi) is 14.4. The second kappa shape index (κ2) is 21.3. The van der Waals surface area contributed by atoms with Gasteiger partial charge in [0.2, 0.25) is 5.78 Å². The topological polar surface area (TPSA) is 160 Å². The zero-order valence-corrected chi connectivity index (χ0v) is 37.1. The number of benzene rings is 6. The summed E-state index contributed by atoms with van der Waals surface area (Å²) in [4.78, 5) is 19.7. The maximum absolute atomic E-state index is 14.5. The minimum Gasteiger partial charge on any atom is -0.506 e. The van der Waals surface area contributed by atoms with E-state index in [1.807, 2.05) is 109 Å². The summed E-state index contributed by atoms with van der Waals surface area (Å²) in [6.45, 7) is 5.08. The molecule has 9 rings (SSSR count). The van der Waals surface area contributed by atoms with Crippen molar-refractivity contribution in [3.05, 3.63) is 131 Å². The van der Waals surface area contributed by atoms with Crippen LogP contribution in [0.4, 0.5) is 17.1 Å². The molecule has 0 saturated carbocycles. The van der Waals surface area contributed by atoms with Gasteiger partial charge in [0.15, 0.2) is 0 Å². The molecule has 2 aliphatic heterocycles. The average Bonchev–Trinajstić information content (AvgIpc) is 3.35. The average molecular weight is 891 g/mol. The van der Waals surface area contributed by atoms with Crippen LogP contribution in [0.3, 0.4) is 0 Å². The molecule has 0 unspecified atom stereocenters. The number of nitrogens with zero attached hydrogens (tertiary/aromatic N) is 1. The van der Waals surface area contributed by atoms with Crippen LogP contribution in [0.5, 0.6) is 11.5 Å². The number of carbonyl (C=O) groups is 1. The fraction of sp³-hybridized carbons (Fsp3) is 0.280. The molecule has 4 N–H and O–H groups in total. The molecule has 1 aliphatic carbocycles. The van der Waals surface area contributed by atoms with Crippen LogP contribution >= 0.6 is 0 Å².